The third-order valence-electron chi connectivity index (χ3n) is 5.50. The number of para-hydroxylation sites is 1. The van der Waals surface area contributed by atoms with E-state index in [4.69, 9.17) is 9.26 Å². The van der Waals surface area contributed by atoms with E-state index in [0.717, 1.165) is 24.0 Å². The number of hydrogen-bond acceptors (Lipinski definition) is 5. The van der Waals surface area contributed by atoms with Crippen molar-refractivity contribution in [1.29, 1.82) is 0 Å². The normalized spacial score (nSPS) is 10.8. The van der Waals surface area contributed by atoms with Gasteiger partial charge in [-0.2, -0.15) is 0 Å². The first kappa shape index (κ1) is 24.0. The lowest BCUT2D eigenvalue weighted by molar-refractivity contribution is -0.137. The van der Waals surface area contributed by atoms with Gasteiger partial charge in [-0.05, 0) is 37.5 Å². The highest BCUT2D eigenvalue weighted by molar-refractivity contribution is 5.92. The van der Waals surface area contributed by atoms with Crippen molar-refractivity contribution in [2.24, 2.45) is 0 Å². The van der Waals surface area contributed by atoms with E-state index in [-0.39, 0.29) is 36.7 Å². The van der Waals surface area contributed by atoms with E-state index < -0.39 is 0 Å². The number of aryl methyl sites for hydroxylation is 1. The van der Waals surface area contributed by atoms with Crippen LogP contribution in [-0.4, -0.2) is 34.5 Å². The summed E-state index contributed by atoms with van der Waals surface area (Å²) in [5.41, 5.74) is 2.35. The third kappa shape index (κ3) is 6.94. The molecule has 0 aliphatic rings. The molecule has 0 fully saturated rings. The molecule has 0 unspecified atom stereocenters. The molecular weight excluding hydrogens is 418 g/mol. The minimum Gasteiger partial charge on any atom is -0.484 e. The Morgan fingerprint density at radius 3 is 2.42 bits per heavy atom. The maximum absolute atomic E-state index is 13.0. The Balaban J connectivity index is 1.61. The molecule has 0 radical (unpaired) electrons. The average Bonchev–Trinajstić information content (AvgIpc) is 3.31. The molecule has 0 saturated carbocycles. The third-order valence-corrected chi connectivity index (χ3v) is 5.50. The largest absolute Gasteiger partial charge is 0.484 e. The molecule has 7 nitrogen and oxygen atoms in total. The predicted molar refractivity (Wildman–Crippen MR) is 126 cm³/mol. The van der Waals surface area contributed by atoms with Crippen LogP contribution in [0, 0.1) is 6.92 Å². The summed E-state index contributed by atoms with van der Waals surface area (Å²) in [7, 11) is 0. The zero-order chi connectivity index (χ0) is 23.6. The van der Waals surface area contributed by atoms with Crippen molar-refractivity contribution in [1.82, 2.24) is 15.4 Å². The Morgan fingerprint density at radius 1 is 1.06 bits per heavy atom. The molecule has 174 valence electrons. The fourth-order valence-electron chi connectivity index (χ4n) is 3.54. The first-order valence-corrected chi connectivity index (χ1v) is 11.3. The van der Waals surface area contributed by atoms with Gasteiger partial charge in [0.25, 0.3) is 11.8 Å². The highest BCUT2D eigenvalue weighted by Crippen LogP contribution is 2.16. The number of hydrogen-bond donors (Lipinski definition) is 1. The summed E-state index contributed by atoms with van der Waals surface area (Å²) in [6.45, 7) is 6.65. The van der Waals surface area contributed by atoms with Gasteiger partial charge in [-0.3, -0.25) is 9.59 Å². The summed E-state index contributed by atoms with van der Waals surface area (Å²) in [6.07, 6.45) is 1.59. The summed E-state index contributed by atoms with van der Waals surface area (Å²) >= 11 is 0. The summed E-state index contributed by atoms with van der Waals surface area (Å²) in [6, 6.07) is 18.8. The molecular formula is C26H31N3O4. The highest BCUT2D eigenvalue weighted by atomic mass is 16.5. The van der Waals surface area contributed by atoms with Crippen molar-refractivity contribution in [3.8, 4) is 5.75 Å². The van der Waals surface area contributed by atoms with Crippen molar-refractivity contribution in [2.45, 2.75) is 52.7 Å². The molecule has 3 aromatic rings. The standard InChI is InChI=1S/C26H31N3O4/c1-4-21(5-2)29(25(30)18-32-22-9-7-6-8-10-22)17-23-15-24(28-33-23)26(31)27-16-20-13-11-19(3)12-14-20/h6-15,21H,4-5,16-18H2,1-3H3,(H,27,31). The molecule has 7 heteroatoms. The lowest BCUT2D eigenvalue weighted by atomic mass is 10.1. The fraction of sp³-hybridized carbons (Fsp3) is 0.346. The second-order valence-electron chi connectivity index (χ2n) is 7.94. The van der Waals surface area contributed by atoms with E-state index in [1.54, 1.807) is 11.0 Å². The number of aromatic nitrogens is 1. The van der Waals surface area contributed by atoms with Crippen LogP contribution in [0.2, 0.25) is 0 Å². The van der Waals surface area contributed by atoms with Crippen LogP contribution < -0.4 is 10.1 Å². The van der Waals surface area contributed by atoms with Gasteiger partial charge in [-0.1, -0.05) is 67.0 Å². The van der Waals surface area contributed by atoms with Gasteiger partial charge in [-0.15, -0.1) is 0 Å². The van der Waals surface area contributed by atoms with Crippen LogP contribution in [0.4, 0.5) is 0 Å². The quantitative estimate of drug-likeness (QED) is 0.466. The van der Waals surface area contributed by atoms with E-state index in [0.29, 0.717) is 18.1 Å². The number of benzene rings is 2. The number of carbonyl (C=O) groups is 2. The number of ether oxygens (including phenoxy) is 1. The molecule has 0 aliphatic heterocycles. The lowest BCUT2D eigenvalue weighted by Crippen LogP contribution is -2.41. The lowest BCUT2D eigenvalue weighted by Gasteiger charge is -2.29. The molecule has 1 heterocycles. The van der Waals surface area contributed by atoms with Crippen molar-refractivity contribution >= 4 is 11.8 Å². The highest BCUT2D eigenvalue weighted by Gasteiger charge is 2.24. The Bertz CT molecular complexity index is 1030. The zero-order valence-electron chi connectivity index (χ0n) is 19.4. The van der Waals surface area contributed by atoms with E-state index in [1.165, 1.54) is 0 Å². The van der Waals surface area contributed by atoms with Crippen LogP contribution in [0.25, 0.3) is 0 Å². The van der Waals surface area contributed by atoms with Crippen LogP contribution in [0.15, 0.2) is 65.2 Å². The number of nitrogens with zero attached hydrogens (tertiary/aromatic N) is 2. The Labute approximate surface area is 194 Å². The van der Waals surface area contributed by atoms with Crippen molar-refractivity contribution in [3.05, 3.63) is 83.2 Å². The van der Waals surface area contributed by atoms with E-state index in [9.17, 15) is 9.59 Å². The van der Waals surface area contributed by atoms with Gasteiger partial charge >= 0.3 is 0 Å². The summed E-state index contributed by atoms with van der Waals surface area (Å²) < 4.78 is 11.0. The van der Waals surface area contributed by atoms with Crippen LogP contribution in [-0.2, 0) is 17.9 Å². The molecule has 2 aromatic carbocycles. The molecule has 1 N–H and O–H groups in total. The average molecular weight is 450 g/mol. The molecule has 0 atom stereocenters. The first-order valence-electron chi connectivity index (χ1n) is 11.3. The molecule has 1 aromatic heterocycles. The van der Waals surface area contributed by atoms with Crippen molar-refractivity contribution < 1.29 is 18.8 Å². The van der Waals surface area contributed by atoms with Gasteiger partial charge in [0.05, 0.1) is 6.54 Å². The van der Waals surface area contributed by atoms with Crippen molar-refractivity contribution in [3.63, 3.8) is 0 Å². The molecule has 0 saturated heterocycles. The van der Waals surface area contributed by atoms with Gasteiger partial charge in [0.1, 0.15) is 5.75 Å². The molecule has 0 spiro atoms. The van der Waals surface area contributed by atoms with Gasteiger partial charge < -0.3 is 19.5 Å². The van der Waals surface area contributed by atoms with Crippen LogP contribution in [0.1, 0.15) is 54.1 Å². The van der Waals surface area contributed by atoms with Crippen LogP contribution in [0.3, 0.4) is 0 Å². The Hall–Kier alpha value is -3.61. The maximum atomic E-state index is 13.0. The molecule has 33 heavy (non-hydrogen) atoms. The topological polar surface area (TPSA) is 84.7 Å². The second kappa shape index (κ2) is 11.9. The van der Waals surface area contributed by atoms with E-state index in [2.05, 4.69) is 10.5 Å². The SMILES string of the molecule is CCC(CC)N(Cc1cc(C(=O)NCc2ccc(C)cc2)no1)C(=O)COc1ccccc1. The van der Waals surface area contributed by atoms with Crippen molar-refractivity contribution in [2.75, 3.05) is 6.61 Å². The summed E-state index contributed by atoms with van der Waals surface area (Å²) in [5, 5.41) is 6.75. The predicted octanol–water partition coefficient (Wildman–Crippen LogP) is 4.51. The first-order chi connectivity index (χ1) is 16.0. The van der Waals surface area contributed by atoms with Gasteiger partial charge in [0.15, 0.2) is 18.1 Å². The van der Waals surface area contributed by atoms with Gasteiger partial charge in [0, 0.05) is 18.7 Å². The molecule has 0 bridgehead atoms. The molecule has 0 aliphatic carbocycles. The number of nitrogens with one attached hydrogen (secondary N) is 1. The molecule has 2 amide bonds. The smallest absolute Gasteiger partial charge is 0.273 e. The van der Waals surface area contributed by atoms with Crippen LogP contribution in [0.5, 0.6) is 5.75 Å². The summed E-state index contributed by atoms with van der Waals surface area (Å²) in [4.78, 5) is 27.2. The zero-order valence-corrected chi connectivity index (χ0v) is 19.4. The Kier molecular flexibility index (Phi) is 8.63. The minimum atomic E-state index is -0.321. The van der Waals surface area contributed by atoms with Gasteiger partial charge in [-0.25, -0.2) is 0 Å². The monoisotopic (exact) mass is 449 g/mol. The van der Waals surface area contributed by atoms with Gasteiger partial charge in [0.2, 0.25) is 0 Å². The number of amides is 2. The molecule has 3 rings (SSSR count). The fourth-order valence-corrected chi connectivity index (χ4v) is 3.54. The van der Waals surface area contributed by atoms with E-state index >= 15 is 0 Å². The number of rotatable bonds is 11. The maximum Gasteiger partial charge on any atom is 0.273 e. The Morgan fingerprint density at radius 2 is 1.76 bits per heavy atom. The summed E-state index contributed by atoms with van der Waals surface area (Å²) in [5.74, 6) is 0.630. The number of carbonyl (C=O) groups excluding carboxylic acids is 2. The van der Waals surface area contributed by atoms with E-state index in [1.807, 2.05) is 75.4 Å². The second-order valence-corrected chi connectivity index (χ2v) is 7.94. The van der Waals surface area contributed by atoms with Crippen LogP contribution >= 0.6 is 0 Å². The minimum absolute atomic E-state index is 0.0285.